The standard InChI is InChI=1S/C11H20BrNOS/c1-8(2)9(7-12)13-10(14)11(3)5-4-6-15-11/h8-9H,4-7H2,1-3H3,(H,13,14). The Hall–Kier alpha value is 0.300. The Balaban J connectivity index is 2.53. The molecule has 0 aliphatic carbocycles. The van der Waals surface area contributed by atoms with Crippen molar-refractivity contribution >= 4 is 33.6 Å². The highest BCUT2D eigenvalue weighted by Crippen LogP contribution is 2.37. The van der Waals surface area contributed by atoms with Gasteiger partial charge in [0.2, 0.25) is 5.91 Å². The van der Waals surface area contributed by atoms with Gasteiger partial charge < -0.3 is 5.32 Å². The number of rotatable bonds is 4. The molecule has 0 saturated carbocycles. The second-order valence-corrected chi connectivity index (χ2v) is 6.91. The van der Waals surface area contributed by atoms with Gasteiger partial charge in [0.25, 0.3) is 0 Å². The van der Waals surface area contributed by atoms with E-state index in [1.54, 1.807) is 11.8 Å². The molecule has 15 heavy (non-hydrogen) atoms. The number of halogens is 1. The van der Waals surface area contributed by atoms with Gasteiger partial charge in [-0.1, -0.05) is 29.8 Å². The number of hydrogen-bond donors (Lipinski definition) is 1. The summed E-state index contributed by atoms with van der Waals surface area (Å²) < 4.78 is -0.185. The van der Waals surface area contributed by atoms with E-state index in [9.17, 15) is 4.79 Å². The van der Waals surface area contributed by atoms with Crippen LogP contribution >= 0.6 is 27.7 Å². The predicted octanol–water partition coefficient (Wildman–Crippen LogP) is 2.81. The fraction of sp³-hybridized carbons (Fsp3) is 0.909. The first kappa shape index (κ1) is 13.4. The summed E-state index contributed by atoms with van der Waals surface area (Å²) in [6, 6.07) is 0.246. The third-order valence-corrected chi connectivity index (χ3v) is 5.20. The SMILES string of the molecule is CC(C)C(CBr)NC(=O)C1(C)CCCS1. The van der Waals surface area contributed by atoms with Gasteiger partial charge in [-0.15, -0.1) is 11.8 Å². The Kier molecular flexibility index (Phi) is 4.97. The molecule has 1 saturated heterocycles. The highest BCUT2D eigenvalue weighted by atomic mass is 79.9. The molecule has 1 amide bonds. The zero-order valence-electron chi connectivity index (χ0n) is 9.68. The highest BCUT2D eigenvalue weighted by molar-refractivity contribution is 9.09. The lowest BCUT2D eigenvalue weighted by atomic mass is 10.0. The third kappa shape index (κ3) is 3.38. The first-order chi connectivity index (χ1) is 6.99. The lowest BCUT2D eigenvalue weighted by molar-refractivity contribution is -0.123. The first-order valence-electron chi connectivity index (χ1n) is 5.50. The number of amides is 1. The van der Waals surface area contributed by atoms with Crippen LogP contribution in [-0.2, 0) is 4.79 Å². The van der Waals surface area contributed by atoms with Gasteiger partial charge in [-0.2, -0.15) is 0 Å². The predicted molar refractivity (Wildman–Crippen MR) is 70.7 cm³/mol. The average molecular weight is 294 g/mol. The van der Waals surface area contributed by atoms with Gasteiger partial charge in [0.1, 0.15) is 0 Å². The van der Waals surface area contributed by atoms with Crippen LogP contribution in [0.2, 0.25) is 0 Å². The maximum Gasteiger partial charge on any atom is 0.236 e. The van der Waals surface area contributed by atoms with E-state index in [2.05, 4.69) is 42.0 Å². The van der Waals surface area contributed by atoms with Crippen LogP contribution in [0.4, 0.5) is 0 Å². The van der Waals surface area contributed by atoms with Crippen LogP contribution in [0.25, 0.3) is 0 Å². The van der Waals surface area contributed by atoms with Crippen molar-refractivity contribution in [3.8, 4) is 0 Å². The van der Waals surface area contributed by atoms with Crippen molar-refractivity contribution < 1.29 is 4.79 Å². The fourth-order valence-corrected chi connectivity index (χ4v) is 3.79. The lowest BCUT2D eigenvalue weighted by Gasteiger charge is -2.27. The van der Waals surface area contributed by atoms with Crippen molar-refractivity contribution in [3.63, 3.8) is 0 Å². The van der Waals surface area contributed by atoms with Crippen LogP contribution in [0.3, 0.4) is 0 Å². The normalized spacial score (nSPS) is 28.1. The zero-order valence-corrected chi connectivity index (χ0v) is 12.1. The van der Waals surface area contributed by atoms with E-state index in [1.807, 2.05) is 0 Å². The van der Waals surface area contributed by atoms with E-state index < -0.39 is 0 Å². The molecule has 88 valence electrons. The van der Waals surface area contributed by atoms with Crippen LogP contribution in [0.5, 0.6) is 0 Å². The van der Waals surface area contributed by atoms with Gasteiger partial charge in [-0.25, -0.2) is 0 Å². The minimum Gasteiger partial charge on any atom is -0.351 e. The molecule has 0 spiro atoms. The maximum absolute atomic E-state index is 12.1. The van der Waals surface area contributed by atoms with E-state index >= 15 is 0 Å². The molecule has 2 atom stereocenters. The highest BCUT2D eigenvalue weighted by Gasteiger charge is 2.38. The Morgan fingerprint density at radius 2 is 2.27 bits per heavy atom. The summed E-state index contributed by atoms with van der Waals surface area (Å²) in [6.45, 7) is 6.33. The molecule has 1 aliphatic rings. The molecule has 2 unspecified atom stereocenters. The quantitative estimate of drug-likeness (QED) is 0.808. The second-order valence-electron chi connectivity index (χ2n) is 4.66. The lowest BCUT2D eigenvalue weighted by Crippen LogP contribution is -2.48. The van der Waals surface area contributed by atoms with E-state index in [1.165, 1.54) is 0 Å². The molecular weight excluding hydrogens is 274 g/mol. The van der Waals surface area contributed by atoms with Crippen molar-refractivity contribution in [2.75, 3.05) is 11.1 Å². The molecule has 0 aromatic carbocycles. The number of hydrogen-bond acceptors (Lipinski definition) is 2. The van der Waals surface area contributed by atoms with Gasteiger partial charge in [-0.3, -0.25) is 4.79 Å². The first-order valence-corrected chi connectivity index (χ1v) is 7.61. The molecule has 0 aromatic heterocycles. The summed E-state index contributed by atoms with van der Waals surface area (Å²) in [5.74, 6) is 1.80. The van der Waals surface area contributed by atoms with Gasteiger partial charge in [0.05, 0.1) is 4.75 Å². The molecule has 1 aliphatic heterocycles. The van der Waals surface area contributed by atoms with Gasteiger partial charge in [0.15, 0.2) is 0 Å². The minimum absolute atomic E-state index is 0.185. The molecule has 1 heterocycles. The maximum atomic E-state index is 12.1. The molecular formula is C11H20BrNOS. The third-order valence-electron chi connectivity index (χ3n) is 2.99. The molecule has 2 nitrogen and oxygen atoms in total. The molecule has 0 bridgehead atoms. The van der Waals surface area contributed by atoms with Crippen molar-refractivity contribution in [3.05, 3.63) is 0 Å². The summed E-state index contributed by atoms with van der Waals surface area (Å²) >= 11 is 5.24. The topological polar surface area (TPSA) is 29.1 Å². The number of nitrogens with one attached hydrogen (secondary N) is 1. The number of carbonyl (C=O) groups excluding carboxylic acids is 1. The van der Waals surface area contributed by atoms with Gasteiger partial charge >= 0.3 is 0 Å². The van der Waals surface area contributed by atoms with Crippen molar-refractivity contribution in [1.29, 1.82) is 0 Å². The van der Waals surface area contributed by atoms with Crippen molar-refractivity contribution in [2.45, 2.75) is 44.4 Å². The smallest absolute Gasteiger partial charge is 0.236 e. The number of thioether (sulfide) groups is 1. The zero-order chi connectivity index (χ0) is 11.5. The molecule has 0 radical (unpaired) electrons. The van der Waals surface area contributed by atoms with Crippen LogP contribution in [0, 0.1) is 5.92 Å². The molecule has 1 fully saturated rings. The van der Waals surface area contributed by atoms with E-state index in [0.29, 0.717) is 5.92 Å². The second kappa shape index (κ2) is 5.58. The molecule has 0 aromatic rings. The Morgan fingerprint density at radius 1 is 1.60 bits per heavy atom. The minimum atomic E-state index is -0.185. The van der Waals surface area contributed by atoms with E-state index in [4.69, 9.17) is 0 Å². The Morgan fingerprint density at radius 3 is 2.67 bits per heavy atom. The van der Waals surface area contributed by atoms with E-state index in [0.717, 1.165) is 23.9 Å². The van der Waals surface area contributed by atoms with Gasteiger partial charge in [-0.05, 0) is 31.4 Å². The summed E-state index contributed by atoms with van der Waals surface area (Å²) in [5.41, 5.74) is 0. The van der Waals surface area contributed by atoms with Crippen LogP contribution < -0.4 is 5.32 Å². The van der Waals surface area contributed by atoms with Crippen LogP contribution in [0.1, 0.15) is 33.6 Å². The van der Waals surface area contributed by atoms with Crippen LogP contribution in [0.15, 0.2) is 0 Å². The van der Waals surface area contributed by atoms with Crippen LogP contribution in [-0.4, -0.2) is 27.8 Å². The Bertz CT molecular complexity index is 227. The number of carbonyl (C=O) groups is 1. The summed E-state index contributed by atoms with van der Waals surface area (Å²) in [6.07, 6.45) is 2.17. The van der Waals surface area contributed by atoms with E-state index in [-0.39, 0.29) is 16.7 Å². The van der Waals surface area contributed by atoms with Crippen molar-refractivity contribution in [1.82, 2.24) is 5.32 Å². The van der Waals surface area contributed by atoms with Crippen molar-refractivity contribution in [2.24, 2.45) is 5.92 Å². The number of alkyl halides is 1. The van der Waals surface area contributed by atoms with Gasteiger partial charge in [0, 0.05) is 11.4 Å². The molecule has 4 heteroatoms. The summed E-state index contributed by atoms with van der Waals surface area (Å²) in [4.78, 5) is 12.1. The fourth-order valence-electron chi connectivity index (χ4n) is 1.66. The Labute approximate surface area is 105 Å². The summed E-state index contributed by atoms with van der Waals surface area (Å²) in [5, 5.41) is 3.97. The summed E-state index contributed by atoms with van der Waals surface area (Å²) in [7, 11) is 0. The molecule has 1 N–H and O–H groups in total. The largest absolute Gasteiger partial charge is 0.351 e. The average Bonchev–Trinajstić information content (AvgIpc) is 2.61. The molecule has 1 rings (SSSR count). The monoisotopic (exact) mass is 293 g/mol.